The monoisotopic (exact) mass is 252 g/mol. The van der Waals surface area contributed by atoms with E-state index in [1.165, 1.54) is 38.6 Å². The number of hydrogen-bond donors (Lipinski definition) is 1. The van der Waals surface area contributed by atoms with Gasteiger partial charge in [-0.15, -0.1) is 0 Å². The van der Waals surface area contributed by atoms with Crippen LogP contribution in [0.1, 0.15) is 52.9 Å². The first-order chi connectivity index (χ1) is 8.44. The minimum Gasteiger partial charge on any atom is -0.329 e. The van der Waals surface area contributed by atoms with E-state index >= 15 is 0 Å². The maximum absolute atomic E-state index is 6.06. The molecule has 106 valence electrons. The summed E-state index contributed by atoms with van der Waals surface area (Å²) >= 11 is 0. The van der Waals surface area contributed by atoms with E-state index in [4.69, 9.17) is 5.73 Å². The third-order valence-corrected chi connectivity index (χ3v) is 5.60. The zero-order valence-corrected chi connectivity index (χ0v) is 12.8. The van der Waals surface area contributed by atoms with Crippen LogP contribution in [0.25, 0.3) is 0 Å². The lowest BCUT2D eigenvalue weighted by Gasteiger charge is -2.42. The SMILES string of the molecule is CC(C)CC(C)(CN)N(C)CC1CC2CCC1C2. The van der Waals surface area contributed by atoms with E-state index in [0.717, 1.165) is 30.2 Å². The quantitative estimate of drug-likeness (QED) is 0.787. The highest BCUT2D eigenvalue weighted by molar-refractivity contribution is 4.94. The van der Waals surface area contributed by atoms with Crippen molar-refractivity contribution < 1.29 is 0 Å². The third kappa shape index (κ3) is 2.91. The zero-order valence-electron chi connectivity index (χ0n) is 12.8. The van der Waals surface area contributed by atoms with Crippen molar-refractivity contribution in [2.75, 3.05) is 20.1 Å². The molecule has 2 aliphatic rings. The first-order valence-electron chi connectivity index (χ1n) is 7.86. The van der Waals surface area contributed by atoms with Crippen molar-refractivity contribution in [2.24, 2.45) is 29.4 Å². The summed E-state index contributed by atoms with van der Waals surface area (Å²) in [5.74, 6) is 3.76. The van der Waals surface area contributed by atoms with Crippen LogP contribution in [0, 0.1) is 23.7 Å². The third-order valence-electron chi connectivity index (χ3n) is 5.60. The molecule has 0 radical (unpaired) electrons. The summed E-state index contributed by atoms with van der Waals surface area (Å²) in [6.07, 6.45) is 7.21. The second kappa shape index (κ2) is 5.50. The van der Waals surface area contributed by atoms with Gasteiger partial charge >= 0.3 is 0 Å². The van der Waals surface area contributed by atoms with Crippen molar-refractivity contribution in [3.63, 3.8) is 0 Å². The fourth-order valence-corrected chi connectivity index (χ4v) is 4.45. The van der Waals surface area contributed by atoms with Gasteiger partial charge in [0.2, 0.25) is 0 Å². The van der Waals surface area contributed by atoms with Gasteiger partial charge in [-0.1, -0.05) is 20.3 Å². The predicted molar refractivity (Wildman–Crippen MR) is 78.5 cm³/mol. The molecule has 0 aromatic heterocycles. The van der Waals surface area contributed by atoms with Crippen LogP contribution in [0.5, 0.6) is 0 Å². The van der Waals surface area contributed by atoms with Gasteiger partial charge in [-0.05, 0) is 63.3 Å². The molecule has 18 heavy (non-hydrogen) atoms. The Hall–Kier alpha value is -0.0800. The Bertz CT molecular complexity index is 276. The molecule has 2 heteroatoms. The normalized spacial score (nSPS) is 34.5. The highest BCUT2D eigenvalue weighted by Crippen LogP contribution is 2.48. The lowest BCUT2D eigenvalue weighted by molar-refractivity contribution is 0.0867. The second-order valence-corrected chi connectivity index (χ2v) is 7.61. The van der Waals surface area contributed by atoms with Crippen molar-refractivity contribution >= 4 is 0 Å². The Kier molecular flexibility index (Phi) is 4.38. The minimum absolute atomic E-state index is 0.190. The van der Waals surface area contributed by atoms with Crippen LogP contribution in [-0.2, 0) is 0 Å². The van der Waals surface area contributed by atoms with Crippen LogP contribution < -0.4 is 5.73 Å². The average Bonchev–Trinajstić information content (AvgIpc) is 2.89. The predicted octanol–water partition coefficient (Wildman–Crippen LogP) is 3.12. The summed E-state index contributed by atoms with van der Waals surface area (Å²) in [7, 11) is 2.29. The van der Waals surface area contributed by atoms with Gasteiger partial charge in [0.05, 0.1) is 0 Å². The number of likely N-dealkylation sites (N-methyl/N-ethyl adjacent to an activating group) is 1. The molecule has 2 nitrogen and oxygen atoms in total. The van der Waals surface area contributed by atoms with Gasteiger partial charge in [-0.2, -0.15) is 0 Å². The number of fused-ring (bicyclic) bond motifs is 2. The smallest absolute Gasteiger partial charge is 0.0303 e. The average molecular weight is 252 g/mol. The number of nitrogens with two attached hydrogens (primary N) is 1. The maximum atomic E-state index is 6.06. The Labute approximate surface area is 113 Å². The molecule has 0 saturated heterocycles. The molecular weight excluding hydrogens is 220 g/mol. The molecule has 4 atom stereocenters. The van der Waals surface area contributed by atoms with Crippen LogP contribution in [0.15, 0.2) is 0 Å². The van der Waals surface area contributed by atoms with E-state index in [-0.39, 0.29) is 5.54 Å². The molecule has 2 fully saturated rings. The van der Waals surface area contributed by atoms with Crippen molar-refractivity contribution in [3.05, 3.63) is 0 Å². The van der Waals surface area contributed by atoms with Crippen LogP contribution in [-0.4, -0.2) is 30.6 Å². The Morgan fingerprint density at radius 2 is 2.00 bits per heavy atom. The van der Waals surface area contributed by atoms with Crippen molar-refractivity contribution in [1.29, 1.82) is 0 Å². The molecule has 0 aliphatic heterocycles. The highest BCUT2D eigenvalue weighted by atomic mass is 15.2. The van der Waals surface area contributed by atoms with Crippen LogP contribution in [0.4, 0.5) is 0 Å². The van der Waals surface area contributed by atoms with E-state index in [1.807, 2.05) is 0 Å². The van der Waals surface area contributed by atoms with Gasteiger partial charge in [0, 0.05) is 18.6 Å². The van der Waals surface area contributed by atoms with E-state index in [1.54, 1.807) is 0 Å². The van der Waals surface area contributed by atoms with E-state index < -0.39 is 0 Å². The molecule has 2 rings (SSSR count). The summed E-state index contributed by atoms with van der Waals surface area (Å²) in [5, 5.41) is 0. The number of nitrogens with zero attached hydrogens (tertiary/aromatic N) is 1. The summed E-state index contributed by atoms with van der Waals surface area (Å²) < 4.78 is 0. The molecule has 2 saturated carbocycles. The standard InChI is InChI=1S/C16H32N2/c1-12(2)9-16(3,11-17)18(4)10-15-8-13-5-6-14(15)7-13/h12-15H,5-11,17H2,1-4H3. The van der Waals surface area contributed by atoms with E-state index in [2.05, 4.69) is 32.7 Å². The number of hydrogen-bond acceptors (Lipinski definition) is 2. The molecule has 0 aromatic rings. The highest BCUT2D eigenvalue weighted by Gasteiger charge is 2.41. The Morgan fingerprint density at radius 1 is 1.28 bits per heavy atom. The Balaban J connectivity index is 1.91. The summed E-state index contributed by atoms with van der Waals surface area (Å²) in [6.45, 7) is 9.00. The van der Waals surface area contributed by atoms with Gasteiger partial charge in [-0.3, -0.25) is 4.90 Å². The summed E-state index contributed by atoms with van der Waals surface area (Å²) in [6, 6.07) is 0. The summed E-state index contributed by atoms with van der Waals surface area (Å²) in [5.41, 5.74) is 6.26. The van der Waals surface area contributed by atoms with Crippen molar-refractivity contribution in [3.8, 4) is 0 Å². The number of rotatable bonds is 6. The molecule has 0 aromatic carbocycles. The van der Waals surface area contributed by atoms with Gasteiger partial charge in [0.25, 0.3) is 0 Å². The summed E-state index contributed by atoms with van der Waals surface area (Å²) in [4.78, 5) is 2.57. The lowest BCUT2D eigenvalue weighted by Crippen LogP contribution is -2.52. The van der Waals surface area contributed by atoms with Gasteiger partial charge < -0.3 is 5.73 Å². The topological polar surface area (TPSA) is 29.3 Å². The zero-order chi connectivity index (χ0) is 13.3. The van der Waals surface area contributed by atoms with Crippen LogP contribution in [0.3, 0.4) is 0 Å². The maximum Gasteiger partial charge on any atom is 0.0303 e. The molecule has 0 amide bonds. The molecule has 2 aliphatic carbocycles. The largest absolute Gasteiger partial charge is 0.329 e. The first kappa shape index (κ1) is 14.3. The van der Waals surface area contributed by atoms with E-state index in [9.17, 15) is 0 Å². The van der Waals surface area contributed by atoms with Crippen molar-refractivity contribution in [1.82, 2.24) is 4.90 Å². The molecule has 0 spiro atoms. The lowest BCUT2D eigenvalue weighted by atomic mass is 9.85. The second-order valence-electron chi connectivity index (χ2n) is 7.61. The van der Waals surface area contributed by atoms with E-state index in [0.29, 0.717) is 0 Å². The van der Waals surface area contributed by atoms with Crippen LogP contribution >= 0.6 is 0 Å². The Morgan fingerprint density at radius 3 is 2.44 bits per heavy atom. The fourth-order valence-electron chi connectivity index (χ4n) is 4.45. The van der Waals surface area contributed by atoms with Crippen LogP contribution in [0.2, 0.25) is 0 Å². The van der Waals surface area contributed by atoms with Gasteiger partial charge in [-0.25, -0.2) is 0 Å². The molecule has 2 N–H and O–H groups in total. The fraction of sp³-hybridized carbons (Fsp3) is 1.00. The van der Waals surface area contributed by atoms with Gasteiger partial charge in [0.1, 0.15) is 0 Å². The first-order valence-corrected chi connectivity index (χ1v) is 7.86. The van der Waals surface area contributed by atoms with Crippen molar-refractivity contribution in [2.45, 2.75) is 58.4 Å². The molecule has 2 bridgehead atoms. The molecular formula is C16H32N2. The minimum atomic E-state index is 0.190. The molecule has 4 unspecified atom stereocenters. The molecule has 0 heterocycles. The van der Waals surface area contributed by atoms with Gasteiger partial charge in [0.15, 0.2) is 0 Å².